The van der Waals surface area contributed by atoms with Crippen LogP contribution in [0.25, 0.3) is 0 Å². The maximum Gasteiger partial charge on any atom is 0.336 e. The Morgan fingerprint density at radius 1 is 1.27 bits per heavy atom. The van der Waals surface area contributed by atoms with Crippen LogP contribution in [0.2, 0.25) is 0 Å². The Hall–Kier alpha value is -1.88. The smallest absolute Gasteiger partial charge is 0.336 e. The van der Waals surface area contributed by atoms with Crippen LogP contribution in [0.15, 0.2) is 18.2 Å². The van der Waals surface area contributed by atoms with Gasteiger partial charge in [-0.25, -0.2) is 4.79 Å². The monoisotopic (exact) mass is 208 g/mol. The van der Waals surface area contributed by atoms with Crippen molar-refractivity contribution in [2.45, 2.75) is 6.42 Å². The average molecular weight is 208 g/mol. The Labute approximate surface area is 86.7 Å². The van der Waals surface area contributed by atoms with Crippen LogP contribution in [0.5, 0.6) is 0 Å². The summed E-state index contributed by atoms with van der Waals surface area (Å²) in [5.74, 6) is -1.45. The van der Waals surface area contributed by atoms with E-state index < -0.39 is 5.97 Å². The number of carbonyl (C=O) groups is 2. The zero-order valence-corrected chi connectivity index (χ0v) is 8.06. The van der Waals surface area contributed by atoms with Gasteiger partial charge in [0, 0.05) is 17.7 Å². The van der Waals surface area contributed by atoms with Crippen molar-refractivity contribution in [2.24, 2.45) is 5.73 Å². The van der Waals surface area contributed by atoms with Gasteiger partial charge >= 0.3 is 5.97 Å². The molecule has 0 saturated carbocycles. The number of benzene rings is 1. The zero-order chi connectivity index (χ0) is 11.4. The van der Waals surface area contributed by atoms with E-state index in [4.69, 9.17) is 16.6 Å². The Morgan fingerprint density at radius 2 is 1.93 bits per heavy atom. The van der Waals surface area contributed by atoms with Crippen LogP contribution in [-0.2, 0) is 0 Å². The predicted molar refractivity (Wildman–Crippen MR) is 55.8 cm³/mol. The van der Waals surface area contributed by atoms with Crippen LogP contribution in [0.3, 0.4) is 0 Å². The molecule has 80 valence electrons. The summed E-state index contributed by atoms with van der Waals surface area (Å²) >= 11 is 0. The van der Waals surface area contributed by atoms with Gasteiger partial charge in [0.15, 0.2) is 5.78 Å². The molecule has 0 aromatic heterocycles. The number of anilines is 1. The second kappa shape index (κ2) is 4.56. The normalized spacial score (nSPS) is 9.93. The van der Waals surface area contributed by atoms with Crippen molar-refractivity contribution in [1.82, 2.24) is 0 Å². The lowest BCUT2D eigenvalue weighted by atomic mass is 10.0. The second-order valence-electron chi connectivity index (χ2n) is 3.07. The highest BCUT2D eigenvalue weighted by molar-refractivity contribution is 6.06. The van der Waals surface area contributed by atoms with Crippen LogP contribution in [0, 0.1) is 0 Å². The SMILES string of the molecule is NCCC(=O)c1cc(N)ccc1C(=O)O. The molecule has 0 atom stereocenters. The fraction of sp³-hybridized carbons (Fsp3) is 0.200. The lowest BCUT2D eigenvalue weighted by Crippen LogP contribution is -2.13. The van der Waals surface area contributed by atoms with Crippen LogP contribution in [-0.4, -0.2) is 23.4 Å². The largest absolute Gasteiger partial charge is 0.478 e. The van der Waals surface area contributed by atoms with E-state index in [1.807, 2.05) is 0 Å². The van der Waals surface area contributed by atoms with Gasteiger partial charge in [0.1, 0.15) is 0 Å². The first kappa shape index (κ1) is 11.2. The van der Waals surface area contributed by atoms with Crippen molar-refractivity contribution in [3.63, 3.8) is 0 Å². The molecule has 5 heteroatoms. The molecule has 1 aromatic carbocycles. The minimum atomic E-state index is -1.14. The summed E-state index contributed by atoms with van der Waals surface area (Å²) in [7, 11) is 0. The number of carboxylic acid groups (broad SMARTS) is 1. The number of hydrogen-bond donors (Lipinski definition) is 3. The molecule has 0 aliphatic rings. The summed E-state index contributed by atoms with van der Waals surface area (Å²) in [5.41, 5.74) is 11.2. The van der Waals surface area contributed by atoms with Crippen molar-refractivity contribution in [3.05, 3.63) is 29.3 Å². The summed E-state index contributed by atoms with van der Waals surface area (Å²) in [6, 6.07) is 4.13. The molecule has 0 unspecified atom stereocenters. The Morgan fingerprint density at radius 3 is 2.47 bits per heavy atom. The molecule has 0 amide bonds. The molecule has 0 fully saturated rings. The first-order chi connectivity index (χ1) is 7.06. The molecule has 0 bridgehead atoms. The molecule has 1 aromatic rings. The maximum atomic E-state index is 11.5. The fourth-order valence-corrected chi connectivity index (χ4v) is 1.24. The van der Waals surface area contributed by atoms with E-state index in [2.05, 4.69) is 0 Å². The quantitative estimate of drug-likeness (QED) is 0.493. The molecule has 1 rings (SSSR count). The lowest BCUT2D eigenvalue weighted by Gasteiger charge is -2.05. The van der Waals surface area contributed by atoms with Gasteiger partial charge in [-0.2, -0.15) is 0 Å². The number of nitrogens with two attached hydrogens (primary N) is 2. The number of rotatable bonds is 4. The van der Waals surface area contributed by atoms with E-state index >= 15 is 0 Å². The summed E-state index contributed by atoms with van der Waals surface area (Å²) in [6.07, 6.45) is 0.115. The minimum absolute atomic E-state index is 0.0392. The highest BCUT2D eigenvalue weighted by Gasteiger charge is 2.15. The predicted octanol–water partition coefficient (Wildman–Crippen LogP) is 0.499. The summed E-state index contributed by atoms with van der Waals surface area (Å²) in [4.78, 5) is 22.3. The van der Waals surface area contributed by atoms with E-state index in [-0.39, 0.29) is 29.9 Å². The molecule has 0 spiro atoms. The molecular formula is C10H12N2O3. The third kappa shape index (κ3) is 2.54. The molecule has 0 heterocycles. The van der Waals surface area contributed by atoms with Crippen LogP contribution >= 0.6 is 0 Å². The second-order valence-corrected chi connectivity index (χ2v) is 3.07. The van der Waals surface area contributed by atoms with Gasteiger partial charge in [-0.15, -0.1) is 0 Å². The van der Waals surface area contributed by atoms with Crippen LogP contribution in [0.1, 0.15) is 27.1 Å². The number of hydrogen-bond acceptors (Lipinski definition) is 4. The van der Waals surface area contributed by atoms with Gasteiger partial charge in [-0.3, -0.25) is 4.79 Å². The van der Waals surface area contributed by atoms with Gasteiger partial charge < -0.3 is 16.6 Å². The third-order valence-electron chi connectivity index (χ3n) is 1.95. The molecule has 5 N–H and O–H groups in total. The van der Waals surface area contributed by atoms with Gasteiger partial charge in [-0.1, -0.05) is 0 Å². The third-order valence-corrected chi connectivity index (χ3v) is 1.95. The molecule has 0 radical (unpaired) electrons. The Bertz CT molecular complexity index is 402. The fourth-order valence-electron chi connectivity index (χ4n) is 1.24. The molecule has 0 saturated heterocycles. The number of carbonyl (C=O) groups excluding carboxylic acids is 1. The van der Waals surface area contributed by atoms with Crippen molar-refractivity contribution in [1.29, 1.82) is 0 Å². The average Bonchev–Trinajstić information content (AvgIpc) is 2.17. The van der Waals surface area contributed by atoms with E-state index in [0.717, 1.165) is 0 Å². The number of aromatic carboxylic acids is 1. The number of carboxylic acids is 1. The van der Waals surface area contributed by atoms with E-state index in [9.17, 15) is 9.59 Å². The standard InChI is InChI=1S/C10H12N2O3/c11-4-3-9(13)8-5-6(12)1-2-7(8)10(14)15/h1-2,5H,3-4,11-12H2,(H,14,15). The molecule has 15 heavy (non-hydrogen) atoms. The van der Waals surface area contributed by atoms with Crippen molar-refractivity contribution >= 4 is 17.4 Å². The van der Waals surface area contributed by atoms with Crippen molar-refractivity contribution in [2.75, 3.05) is 12.3 Å². The molecule has 0 aliphatic carbocycles. The maximum absolute atomic E-state index is 11.5. The Balaban J connectivity index is 3.18. The number of nitrogen functional groups attached to an aromatic ring is 1. The lowest BCUT2D eigenvalue weighted by molar-refractivity contribution is 0.0692. The van der Waals surface area contributed by atoms with E-state index in [0.29, 0.717) is 5.69 Å². The van der Waals surface area contributed by atoms with Crippen LogP contribution < -0.4 is 11.5 Å². The first-order valence-corrected chi connectivity index (χ1v) is 4.42. The highest BCUT2D eigenvalue weighted by atomic mass is 16.4. The van der Waals surface area contributed by atoms with Gasteiger partial charge in [0.2, 0.25) is 0 Å². The minimum Gasteiger partial charge on any atom is -0.478 e. The van der Waals surface area contributed by atoms with E-state index in [1.54, 1.807) is 0 Å². The Kier molecular flexibility index (Phi) is 3.41. The number of ketones is 1. The van der Waals surface area contributed by atoms with Gasteiger partial charge in [0.25, 0.3) is 0 Å². The summed E-state index contributed by atoms with van der Waals surface area (Å²) in [5, 5.41) is 8.85. The van der Waals surface area contributed by atoms with Gasteiger partial charge in [-0.05, 0) is 24.7 Å². The molecule has 0 aliphatic heterocycles. The van der Waals surface area contributed by atoms with Crippen molar-refractivity contribution < 1.29 is 14.7 Å². The van der Waals surface area contributed by atoms with Crippen LogP contribution in [0.4, 0.5) is 5.69 Å². The molecule has 5 nitrogen and oxygen atoms in total. The van der Waals surface area contributed by atoms with E-state index in [1.165, 1.54) is 18.2 Å². The summed E-state index contributed by atoms with van der Waals surface area (Å²) in [6.45, 7) is 0.187. The zero-order valence-electron chi connectivity index (χ0n) is 8.06. The first-order valence-electron chi connectivity index (χ1n) is 4.42. The van der Waals surface area contributed by atoms with Crippen molar-refractivity contribution in [3.8, 4) is 0 Å². The topological polar surface area (TPSA) is 106 Å². The van der Waals surface area contributed by atoms with Gasteiger partial charge in [0.05, 0.1) is 5.56 Å². The highest BCUT2D eigenvalue weighted by Crippen LogP contribution is 2.15. The summed E-state index contributed by atoms with van der Waals surface area (Å²) < 4.78 is 0. The molecular weight excluding hydrogens is 196 g/mol. The number of Topliss-reactive ketones (excluding diaryl/α,β-unsaturated/α-hetero) is 1.